The summed E-state index contributed by atoms with van der Waals surface area (Å²) >= 11 is 11.6. The Balaban J connectivity index is 2.79. The smallest absolute Gasteiger partial charge is 0.0527 e. The summed E-state index contributed by atoms with van der Waals surface area (Å²) in [6.07, 6.45) is 0.992. The summed E-state index contributed by atoms with van der Waals surface area (Å²) in [5, 5.41) is 5.09. The van der Waals surface area contributed by atoms with Gasteiger partial charge in [0.15, 0.2) is 0 Å². The maximum absolute atomic E-state index is 6.35. The van der Waals surface area contributed by atoms with Gasteiger partial charge in [-0.25, -0.2) is 0 Å². The van der Waals surface area contributed by atoms with E-state index in [-0.39, 0.29) is 0 Å². The van der Waals surface area contributed by atoms with E-state index in [9.17, 15) is 0 Å². The van der Waals surface area contributed by atoms with Gasteiger partial charge in [-0.3, -0.25) is 0 Å². The van der Waals surface area contributed by atoms with Gasteiger partial charge in [0.05, 0.1) is 5.02 Å². The molecule has 3 heteroatoms. The second-order valence-electron chi connectivity index (χ2n) is 3.15. The number of halogens is 2. The number of hydrogen-bond donors (Lipinski definition) is 0. The van der Waals surface area contributed by atoms with E-state index in [1.54, 1.807) is 11.3 Å². The van der Waals surface area contributed by atoms with E-state index >= 15 is 0 Å². The van der Waals surface area contributed by atoms with Gasteiger partial charge in [0.1, 0.15) is 0 Å². The van der Waals surface area contributed by atoms with E-state index in [0.717, 1.165) is 16.8 Å². The van der Waals surface area contributed by atoms with Gasteiger partial charge < -0.3 is 0 Å². The third-order valence-electron chi connectivity index (χ3n) is 2.39. The predicted molar refractivity (Wildman–Crippen MR) is 68.8 cm³/mol. The van der Waals surface area contributed by atoms with Crippen molar-refractivity contribution < 1.29 is 0 Å². The minimum absolute atomic E-state index is 0.879. The van der Waals surface area contributed by atoms with Crippen LogP contribution in [0.4, 0.5) is 0 Å². The van der Waals surface area contributed by atoms with Crippen molar-refractivity contribution in [3.05, 3.63) is 33.7 Å². The van der Waals surface area contributed by atoms with Crippen LogP contribution in [0.3, 0.4) is 0 Å². The van der Waals surface area contributed by atoms with E-state index in [1.807, 2.05) is 0 Å². The number of thiophene rings is 1. The van der Waals surface area contributed by atoms with E-state index in [4.69, 9.17) is 11.6 Å². The Hall–Kier alpha value is -0.0500. The van der Waals surface area contributed by atoms with E-state index in [0.29, 0.717) is 0 Å². The molecule has 1 heterocycles. The van der Waals surface area contributed by atoms with Crippen molar-refractivity contribution in [1.82, 2.24) is 0 Å². The van der Waals surface area contributed by atoms with Crippen LogP contribution in [-0.4, -0.2) is 0 Å². The Morgan fingerprint density at radius 1 is 1.50 bits per heavy atom. The van der Waals surface area contributed by atoms with Crippen LogP contribution in [0.15, 0.2) is 17.5 Å². The lowest BCUT2D eigenvalue weighted by molar-refractivity contribution is 1.11. The second kappa shape index (κ2) is 4.21. The highest BCUT2D eigenvalue weighted by atomic mass is 79.9. The summed E-state index contributed by atoms with van der Waals surface area (Å²) in [6, 6.07) is 4.33. The first-order chi connectivity index (χ1) is 6.77. The number of rotatable bonds is 2. The normalized spacial score (nSPS) is 11.1. The molecule has 0 radical (unpaired) electrons. The third-order valence-corrected chi connectivity index (χ3v) is 4.29. The van der Waals surface area contributed by atoms with Crippen molar-refractivity contribution >= 4 is 49.0 Å². The molecule has 0 saturated heterocycles. The largest absolute Gasteiger partial charge is 0.144 e. The van der Waals surface area contributed by atoms with Gasteiger partial charge in [-0.1, -0.05) is 34.5 Å². The van der Waals surface area contributed by atoms with Crippen LogP contribution < -0.4 is 0 Å². The molecular formula is C11H10BrClS. The van der Waals surface area contributed by atoms with Crippen LogP contribution in [-0.2, 0) is 11.8 Å². The van der Waals surface area contributed by atoms with Gasteiger partial charge in [0.25, 0.3) is 0 Å². The maximum Gasteiger partial charge on any atom is 0.0527 e. The molecule has 74 valence electrons. The number of fused-ring (bicyclic) bond motifs is 1. The monoisotopic (exact) mass is 288 g/mol. The molecule has 1 aromatic heterocycles. The van der Waals surface area contributed by atoms with E-state index < -0.39 is 0 Å². The molecule has 0 fully saturated rings. The SMILES string of the molecule is CCc1c(CBr)cc2sccc2c1Cl. The average Bonchev–Trinajstić information content (AvgIpc) is 2.65. The summed E-state index contributed by atoms with van der Waals surface area (Å²) < 4.78 is 1.28. The molecule has 0 aliphatic carbocycles. The fourth-order valence-corrected chi connectivity index (χ4v) is 3.50. The topological polar surface area (TPSA) is 0 Å². The van der Waals surface area contributed by atoms with Crippen LogP contribution in [0.25, 0.3) is 10.1 Å². The second-order valence-corrected chi connectivity index (χ2v) is 5.03. The zero-order valence-electron chi connectivity index (χ0n) is 7.81. The minimum Gasteiger partial charge on any atom is -0.144 e. The first-order valence-corrected chi connectivity index (χ1v) is 6.89. The van der Waals surface area contributed by atoms with Crippen LogP contribution in [0, 0.1) is 0 Å². The number of alkyl halides is 1. The molecule has 0 saturated carbocycles. The van der Waals surface area contributed by atoms with Gasteiger partial charge >= 0.3 is 0 Å². The molecule has 1 aromatic carbocycles. The highest BCUT2D eigenvalue weighted by Gasteiger charge is 2.10. The first kappa shape index (κ1) is 10.5. The zero-order valence-corrected chi connectivity index (χ0v) is 11.0. The van der Waals surface area contributed by atoms with Crippen molar-refractivity contribution in [2.45, 2.75) is 18.7 Å². The van der Waals surface area contributed by atoms with Crippen LogP contribution in [0.5, 0.6) is 0 Å². The molecule has 0 aliphatic heterocycles. The highest BCUT2D eigenvalue weighted by Crippen LogP contribution is 2.34. The average molecular weight is 290 g/mol. The van der Waals surface area contributed by atoms with Crippen molar-refractivity contribution in [2.75, 3.05) is 0 Å². The molecule has 2 aromatic rings. The first-order valence-electron chi connectivity index (χ1n) is 4.51. The van der Waals surface area contributed by atoms with E-state index in [2.05, 4.69) is 40.4 Å². The molecule has 0 aliphatic rings. The molecule has 0 atom stereocenters. The quantitative estimate of drug-likeness (QED) is 0.682. The Bertz CT molecular complexity index is 462. The minimum atomic E-state index is 0.879. The van der Waals surface area contributed by atoms with Crippen molar-refractivity contribution in [3.8, 4) is 0 Å². The van der Waals surface area contributed by atoms with Gasteiger partial charge in [-0.05, 0) is 35.1 Å². The summed E-state index contributed by atoms with van der Waals surface area (Å²) in [5.74, 6) is 0. The van der Waals surface area contributed by atoms with Crippen molar-refractivity contribution in [3.63, 3.8) is 0 Å². The Morgan fingerprint density at radius 2 is 2.29 bits per heavy atom. The van der Waals surface area contributed by atoms with Gasteiger partial charge in [-0.15, -0.1) is 11.3 Å². The fourth-order valence-electron chi connectivity index (χ4n) is 1.66. The van der Waals surface area contributed by atoms with Crippen molar-refractivity contribution in [2.24, 2.45) is 0 Å². The highest BCUT2D eigenvalue weighted by molar-refractivity contribution is 9.08. The number of hydrogen-bond acceptors (Lipinski definition) is 1. The lowest BCUT2D eigenvalue weighted by Gasteiger charge is -2.08. The third kappa shape index (κ3) is 1.60. The molecule has 0 bridgehead atoms. The van der Waals surface area contributed by atoms with Gasteiger partial charge in [0.2, 0.25) is 0 Å². The lowest BCUT2D eigenvalue weighted by atomic mass is 10.0. The molecule has 0 N–H and O–H groups in total. The fraction of sp³-hybridized carbons (Fsp3) is 0.273. The summed E-state index contributed by atoms with van der Waals surface area (Å²) in [5.41, 5.74) is 2.59. The van der Waals surface area contributed by atoms with Crippen LogP contribution in [0.2, 0.25) is 5.02 Å². The molecule has 0 spiro atoms. The Labute approximate surface area is 101 Å². The standard InChI is InChI=1S/C11H10BrClS/c1-2-8-7(6-12)5-10-9(11(8)13)3-4-14-10/h3-5H,2,6H2,1H3. The maximum atomic E-state index is 6.35. The molecule has 14 heavy (non-hydrogen) atoms. The van der Waals surface area contributed by atoms with Crippen LogP contribution in [0.1, 0.15) is 18.1 Å². The summed E-state index contributed by atoms with van der Waals surface area (Å²) in [6.45, 7) is 2.14. The Kier molecular flexibility index (Phi) is 3.15. The van der Waals surface area contributed by atoms with Crippen molar-refractivity contribution in [1.29, 1.82) is 0 Å². The molecular weight excluding hydrogens is 280 g/mol. The predicted octanol–water partition coefficient (Wildman–Crippen LogP) is 5.01. The molecule has 2 rings (SSSR count). The number of benzene rings is 1. The van der Waals surface area contributed by atoms with Crippen LogP contribution >= 0.6 is 38.9 Å². The Morgan fingerprint density at radius 3 is 2.93 bits per heavy atom. The summed E-state index contributed by atoms with van der Waals surface area (Å²) in [4.78, 5) is 0. The zero-order chi connectivity index (χ0) is 10.1. The molecule has 0 nitrogen and oxygen atoms in total. The lowest BCUT2D eigenvalue weighted by Crippen LogP contribution is -1.90. The summed E-state index contributed by atoms with van der Waals surface area (Å²) in [7, 11) is 0. The molecule has 0 amide bonds. The van der Waals surface area contributed by atoms with E-state index in [1.165, 1.54) is 21.2 Å². The van der Waals surface area contributed by atoms with Gasteiger partial charge in [0, 0.05) is 15.4 Å². The molecule has 0 unspecified atom stereocenters. The van der Waals surface area contributed by atoms with Gasteiger partial charge in [-0.2, -0.15) is 0 Å².